The fraction of sp³-hybridized carbons (Fsp3) is 0.423. The molecule has 222 valence electrons. The number of phenolic OH excluding ortho intramolecular Hbond substituents is 3. The van der Waals surface area contributed by atoms with E-state index in [1.165, 1.54) is 24.3 Å². The number of benzene rings is 2. The van der Waals surface area contributed by atoms with E-state index in [1.807, 2.05) is 0 Å². The highest BCUT2D eigenvalue weighted by Gasteiger charge is 2.45. The van der Waals surface area contributed by atoms with E-state index >= 15 is 0 Å². The molecule has 0 saturated carbocycles. The number of hydrogen-bond donors (Lipinski definition) is 9. The van der Waals surface area contributed by atoms with Gasteiger partial charge in [-0.2, -0.15) is 0 Å². The van der Waals surface area contributed by atoms with Crippen molar-refractivity contribution in [2.24, 2.45) is 0 Å². The lowest BCUT2D eigenvalue weighted by atomic mass is 9.99. The fourth-order valence-corrected chi connectivity index (χ4v) is 4.61. The summed E-state index contributed by atoms with van der Waals surface area (Å²) < 4.78 is 27.4. The number of phenols is 3. The van der Waals surface area contributed by atoms with Gasteiger partial charge in [0.15, 0.2) is 24.4 Å². The lowest BCUT2D eigenvalue weighted by Gasteiger charge is -2.40. The molecule has 2 fully saturated rings. The number of aliphatic hydroxyl groups is 6. The molecule has 5 rings (SSSR count). The lowest BCUT2D eigenvalue weighted by Crippen LogP contribution is -2.60. The van der Waals surface area contributed by atoms with E-state index in [0.29, 0.717) is 0 Å². The quantitative estimate of drug-likeness (QED) is 0.156. The van der Waals surface area contributed by atoms with Crippen molar-refractivity contribution in [3.05, 3.63) is 46.6 Å². The number of aromatic hydroxyl groups is 3. The third-order valence-electron chi connectivity index (χ3n) is 6.86. The number of aliphatic hydroxyl groups excluding tert-OH is 6. The third kappa shape index (κ3) is 5.54. The average molecular weight is 580 g/mol. The van der Waals surface area contributed by atoms with Gasteiger partial charge in [-0.25, -0.2) is 0 Å². The van der Waals surface area contributed by atoms with Gasteiger partial charge in [0.25, 0.3) is 0 Å². The van der Waals surface area contributed by atoms with Crippen molar-refractivity contribution >= 4 is 11.0 Å². The van der Waals surface area contributed by atoms with Crippen LogP contribution in [0.1, 0.15) is 0 Å². The van der Waals surface area contributed by atoms with Gasteiger partial charge in [-0.1, -0.05) is 0 Å². The molecular weight excluding hydrogens is 552 g/mol. The number of hydrogen-bond acceptors (Lipinski definition) is 15. The molecule has 2 saturated heterocycles. The number of fused-ring (bicyclic) bond motifs is 1. The molecule has 15 heteroatoms. The molecule has 0 spiro atoms. The van der Waals surface area contributed by atoms with Crippen LogP contribution in [0.15, 0.2) is 45.6 Å². The van der Waals surface area contributed by atoms with Crippen molar-refractivity contribution in [2.75, 3.05) is 13.2 Å². The van der Waals surface area contributed by atoms with E-state index < -0.39 is 85.4 Å². The van der Waals surface area contributed by atoms with Gasteiger partial charge in [0, 0.05) is 17.7 Å². The Morgan fingerprint density at radius 3 is 2.24 bits per heavy atom. The molecule has 0 unspecified atom stereocenters. The first kappa shape index (κ1) is 29.0. The summed E-state index contributed by atoms with van der Waals surface area (Å²) in [6, 6.07) is 7.50. The predicted molar refractivity (Wildman–Crippen MR) is 134 cm³/mol. The van der Waals surface area contributed by atoms with Crippen molar-refractivity contribution in [3.63, 3.8) is 0 Å². The first-order chi connectivity index (χ1) is 19.5. The molecule has 2 aliphatic rings. The molecule has 15 nitrogen and oxygen atoms in total. The molecule has 0 aliphatic carbocycles. The normalized spacial score (nSPS) is 32.2. The first-order valence-electron chi connectivity index (χ1n) is 12.4. The zero-order valence-corrected chi connectivity index (χ0v) is 21.0. The van der Waals surface area contributed by atoms with Gasteiger partial charge in [0.2, 0.25) is 11.2 Å². The summed E-state index contributed by atoms with van der Waals surface area (Å²) in [5.74, 6) is -1.69. The summed E-state index contributed by atoms with van der Waals surface area (Å²) >= 11 is 0. The molecule has 9 atom stereocenters. The van der Waals surface area contributed by atoms with Crippen LogP contribution in [0.25, 0.3) is 22.3 Å². The molecule has 1 aromatic heterocycles. The summed E-state index contributed by atoms with van der Waals surface area (Å²) in [4.78, 5) is 13.5. The Morgan fingerprint density at radius 2 is 1.54 bits per heavy atom. The van der Waals surface area contributed by atoms with Gasteiger partial charge in [-0.3, -0.25) is 4.79 Å². The minimum Gasteiger partial charge on any atom is -0.508 e. The average Bonchev–Trinajstić information content (AvgIpc) is 2.93. The van der Waals surface area contributed by atoms with Gasteiger partial charge in [-0.15, -0.1) is 0 Å². The maximum atomic E-state index is 13.5. The van der Waals surface area contributed by atoms with E-state index in [9.17, 15) is 50.8 Å². The highest BCUT2D eigenvalue weighted by Crippen LogP contribution is 2.37. The van der Waals surface area contributed by atoms with Crippen LogP contribution >= 0.6 is 0 Å². The fourth-order valence-electron chi connectivity index (χ4n) is 4.61. The van der Waals surface area contributed by atoms with Crippen LogP contribution in [0.2, 0.25) is 0 Å². The molecule has 0 bridgehead atoms. The standard InChI is InChI=1S/C26H28O15/c27-10-3-1-9(2-4-10)23-24(19(32)16-12(29)5-11(28)6-13(16)39-23)40-14-7-37-26(22(35)18(14)31)38-8-15-17(30)20(33)21(34)25(36)41-15/h1-6,14-15,17-18,20-22,25-31,33-36H,7-8H2/t14-,15+,17+,18-,20-,21+,22+,25+,26-/m0/s1. The first-order valence-corrected chi connectivity index (χ1v) is 12.4. The van der Waals surface area contributed by atoms with Gasteiger partial charge >= 0.3 is 0 Å². The van der Waals surface area contributed by atoms with Crippen molar-refractivity contribution in [3.8, 4) is 34.3 Å². The molecule has 2 aliphatic heterocycles. The second kappa shape index (κ2) is 11.4. The van der Waals surface area contributed by atoms with Crippen LogP contribution in [0.3, 0.4) is 0 Å². The predicted octanol–water partition coefficient (Wildman–Crippen LogP) is -1.78. The highest BCUT2D eigenvalue weighted by molar-refractivity contribution is 5.88. The van der Waals surface area contributed by atoms with Crippen LogP contribution in [-0.2, 0) is 14.2 Å². The zero-order valence-electron chi connectivity index (χ0n) is 21.0. The summed E-state index contributed by atoms with van der Waals surface area (Å²) in [6.07, 6.45) is -14.6. The topological polar surface area (TPSA) is 249 Å². The Bertz CT molecular complexity index is 1440. The molecule has 41 heavy (non-hydrogen) atoms. The van der Waals surface area contributed by atoms with E-state index in [0.717, 1.165) is 12.1 Å². The largest absolute Gasteiger partial charge is 0.508 e. The zero-order chi connectivity index (χ0) is 29.6. The molecule has 0 amide bonds. The van der Waals surface area contributed by atoms with Crippen LogP contribution < -0.4 is 10.2 Å². The molecule has 2 aromatic carbocycles. The Hall–Kier alpha value is -3.51. The van der Waals surface area contributed by atoms with Crippen LogP contribution in [0, 0.1) is 0 Å². The smallest absolute Gasteiger partial charge is 0.239 e. The van der Waals surface area contributed by atoms with Crippen molar-refractivity contribution in [2.45, 2.75) is 55.3 Å². The van der Waals surface area contributed by atoms with Gasteiger partial charge < -0.3 is 69.3 Å². The summed E-state index contributed by atoms with van der Waals surface area (Å²) in [5.41, 5.74) is -0.783. The Morgan fingerprint density at radius 1 is 0.829 bits per heavy atom. The second-order valence-corrected chi connectivity index (χ2v) is 9.68. The minimum atomic E-state index is -1.80. The van der Waals surface area contributed by atoms with E-state index in [1.54, 1.807) is 0 Å². The van der Waals surface area contributed by atoms with Crippen LogP contribution in [0.4, 0.5) is 0 Å². The monoisotopic (exact) mass is 580 g/mol. The van der Waals surface area contributed by atoms with Crippen LogP contribution in [-0.4, -0.2) is 114 Å². The van der Waals surface area contributed by atoms with Crippen molar-refractivity contribution in [1.29, 1.82) is 0 Å². The Kier molecular flexibility index (Phi) is 8.06. The number of ether oxygens (including phenoxy) is 4. The van der Waals surface area contributed by atoms with E-state index in [4.69, 9.17) is 23.4 Å². The van der Waals surface area contributed by atoms with Crippen LogP contribution in [0.5, 0.6) is 23.0 Å². The summed E-state index contributed by atoms with van der Waals surface area (Å²) in [5, 5.41) is 90.1. The molecule has 3 heterocycles. The van der Waals surface area contributed by atoms with Crippen molar-refractivity contribution < 1.29 is 69.3 Å². The third-order valence-corrected chi connectivity index (χ3v) is 6.86. The molecule has 3 aromatic rings. The SMILES string of the molecule is O=c1c(O[C@H]2CO[C@@H](OC[C@H]3O[C@@H](O)[C@H](O)[C@@H](O)[C@@H]3O)[C@H](O)[C@H]2O)c(-c2ccc(O)cc2)oc2cc(O)cc(O)c12. The number of rotatable bonds is 6. The maximum Gasteiger partial charge on any atom is 0.239 e. The van der Waals surface area contributed by atoms with Crippen molar-refractivity contribution in [1.82, 2.24) is 0 Å². The molecule has 9 N–H and O–H groups in total. The van der Waals surface area contributed by atoms with Gasteiger partial charge in [0.1, 0.15) is 64.8 Å². The summed E-state index contributed by atoms with van der Waals surface area (Å²) in [7, 11) is 0. The summed E-state index contributed by atoms with van der Waals surface area (Å²) in [6.45, 7) is -0.956. The highest BCUT2D eigenvalue weighted by atomic mass is 16.7. The van der Waals surface area contributed by atoms with Gasteiger partial charge in [-0.05, 0) is 24.3 Å². The molecular formula is C26H28O15. The minimum absolute atomic E-state index is 0.0775. The van der Waals surface area contributed by atoms with E-state index in [2.05, 4.69) is 0 Å². The molecule has 0 radical (unpaired) electrons. The second-order valence-electron chi connectivity index (χ2n) is 9.68. The lowest BCUT2D eigenvalue weighted by molar-refractivity contribution is -0.311. The van der Waals surface area contributed by atoms with E-state index in [-0.39, 0.29) is 33.8 Å². The Balaban J connectivity index is 1.37. The van der Waals surface area contributed by atoms with Gasteiger partial charge in [0.05, 0.1) is 13.2 Å². The Labute approximate surface area is 230 Å². The maximum absolute atomic E-state index is 13.5.